The van der Waals surface area contributed by atoms with Gasteiger partial charge < -0.3 is 15.4 Å². The van der Waals surface area contributed by atoms with Gasteiger partial charge in [-0.25, -0.2) is 4.99 Å². The van der Waals surface area contributed by atoms with Crippen LogP contribution in [0.1, 0.15) is 25.0 Å². The zero-order valence-corrected chi connectivity index (χ0v) is 20.1. The molecule has 1 aromatic heterocycles. The van der Waals surface area contributed by atoms with Crippen molar-refractivity contribution in [2.24, 2.45) is 4.99 Å². The van der Waals surface area contributed by atoms with Gasteiger partial charge in [0.1, 0.15) is 0 Å². The summed E-state index contributed by atoms with van der Waals surface area (Å²) in [7, 11) is 0. The van der Waals surface area contributed by atoms with E-state index in [1.807, 2.05) is 49.1 Å². The standard InChI is InChI=1S/C27H27N5O4/c1-3-31(4-2)17-24(33)28-19-10-12-20(13-11-19)29-26(18-8-6-5-7-9-18)25-22-16-21(32(35)36)14-15-23(22)30-27(25)34/h5-16,30,34H,3-4,17H2,1-2H3,(H,28,33). The summed E-state index contributed by atoms with van der Waals surface area (Å²) < 4.78 is 0. The number of likely N-dealkylation sites (N-methyl/N-ethyl adjacent to an activating group) is 1. The van der Waals surface area contributed by atoms with Crippen molar-refractivity contribution in [3.05, 3.63) is 94.0 Å². The normalized spacial score (nSPS) is 11.7. The van der Waals surface area contributed by atoms with Gasteiger partial charge in [-0.05, 0) is 43.4 Å². The van der Waals surface area contributed by atoms with Crippen LogP contribution in [-0.2, 0) is 4.79 Å². The molecule has 0 unspecified atom stereocenters. The number of aromatic hydroxyl groups is 1. The Labute approximate surface area is 208 Å². The molecule has 0 aliphatic rings. The van der Waals surface area contributed by atoms with Crippen LogP contribution in [0.3, 0.4) is 0 Å². The molecule has 4 aromatic rings. The first-order valence-electron chi connectivity index (χ1n) is 11.7. The van der Waals surface area contributed by atoms with Crippen LogP contribution < -0.4 is 5.32 Å². The zero-order valence-electron chi connectivity index (χ0n) is 20.1. The average molecular weight is 486 g/mol. The third kappa shape index (κ3) is 5.42. The van der Waals surface area contributed by atoms with Crippen molar-refractivity contribution in [1.29, 1.82) is 0 Å². The quantitative estimate of drug-likeness (QED) is 0.170. The van der Waals surface area contributed by atoms with E-state index in [0.29, 0.717) is 40.1 Å². The van der Waals surface area contributed by atoms with Crippen LogP contribution in [0.15, 0.2) is 77.8 Å². The third-order valence-electron chi connectivity index (χ3n) is 5.91. The summed E-state index contributed by atoms with van der Waals surface area (Å²) in [4.78, 5) is 32.9. The molecular formula is C27H27N5O4. The topological polar surface area (TPSA) is 124 Å². The summed E-state index contributed by atoms with van der Waals surface area (Å²) in [5.41, 5.74) is 3.28. The number of anilines is 1. The maximum absolute atomic E-state index is 12.3. The Bertz CT molecular complexity index is 1410. The maximum Gasteiger partial charge on any atom is 0.270 e. The largest absolute Gasteiger partial charge is 0.494 e. The number of aliphatic imine (C=N–C) groups is 1. The van der Waals surface area contributed by atoms with Crippen molar-refractivity contribution >= 4 is 39.6 Å². The van der Waals surface area contributed by atoms with Gasteiger partial charge in [-0.2, -0.15) is 0 Å². The van der Waals surface area contributed by atoms with Crippen molar-refractivity contribution in [1.82, 2.24) is 9.88 Å². The zero-order chi connectivity index (χ0) is 25.7. The molecule has 4 rings (SSSR count). The Hall–Kier alpha value is -4.50. The molecule has 0 fully saturated rings. The number of H-pyrrole nitrogens is 1. The van der Waals surface area contributed by atoms with E-state index in [-0.39, 0.29) is 17.5 Å². The lowest BCUT2D eigenvalue weighted by atomic mass is 10.0. The average Bonchev–Trinajstić information content (AvgIpc) is 3.22. The monoisotopic (exact) mass is 485 g/mol. The summed E-state index contributed by atoms with van der Waals surface area (Å²) >= 11 is 0. The fourth-order valence-corrected chi connectivity index (χ4v) is 3.98. The molecule has 0 bridgehead atoms. The number of aromatic nitrogens is 1. The number of hydrogen-bond donors (Lipinski definition) is 3. The Morgan fingerprint density at radius 1 is 1.06 bits per heavy atom. The van der Waals surface area contributed by atoms with E-state index >= 15 is 0 Å². The number of aromatic amines is 1. The smallest absolute Gasteiger partial charge is 0.270 e. The van der Waals surface area contributed by atoms with Gasteiger partial charge in [0.15, 0.2) is 5.88 Å². The molecule has 3 N–H and O–H groups in total. The van der Waals surface area contributed by atoms with Gasteiger partial charge in [-0.15, -0.1) is 0 Å². The lowest BCUT2D eigenvalue weighted by molar-refractivity contribution is -0.384. The number of nitrogens with zero attached hydrogens (tertiary/aromatic N) is 3. The number of carbonyl (C=O) groups excluding carboxylic acids is 1. The summed E-state index contributed by atoms with van der Waals surface area (Å²) in [6, 6.07) is 20.7. The number of fused-ring (bicyclic) bond motifs is 1. The Kier molecular flexibility index (Phi) is 7.41. The van der Waals surface area contributed by atoms with Gasteiger partial charge in [-0.1, -0.05) is 44.2 Å². The molecular weight excluding hydrogens is 458 g/mol. The predicted octanol–water partition coefficient (Wildman–Crippen LogP) is 5.23. The van der Waals surface area contributed by atoms with E-state index in [1.54, 1.807) is 30.3 Å². The van der Waals surface area contributed by atoms with Crippen molar-refractivity contribution in [2.75, 3.05) is 25.0 Å². The fourth-order valence-electron chi connectivity index (χ4n) is 3.98. The molecule has 184 valence electrons. The molecule has 0 aliphatic carbocycles. The van der Waals surface area contributed by atoms with Crippen LogP contribution in [0.4, 0.5) is 17.1 Å². The SMILES string of the molecule is CCN(CC)CC(=O)Nc1ccc(N=C(c2ccccc2)c2c(O)[nH]c3ccc([N+](=O)[O-])cc23)cc1. The second kappa shape index (κ2) is 10.8. The minimum Gasteiger partial charge on any atom is -0.494 e. The number of rotatable bonds is 9. The predicted molar refractivity (Wildman–Crippen MR) is 141 cm³/mol. The molecule has 1 amide bonds. The highest BCUT2D eigenvalue weighted by molar-refractivity contribution is 6.22. The van der Waals surface area contributed by atoms with Crippen molar-refractivity contribution < 1.29 is 14.8 Å². The molecule has 1 heterocycles. The molecule has 9 nitrogen and oxygen atoms in total. The van der Waals surface area contributed by atoms with Crippen molar-refractivity contribution in [2.45, 2.75) is 13.8 Å². The summed E-state index contributed by atoms with van der Waals surface area (Å²) in [6.45, 7) is 5.93. The first-order valence-corrected chi connectivity index (χ1v) is 11.7. The highest BCUT2D eigenvalue weighted by atomic mass is 16.6. The molecule has 36 heavy (non-hydrogen) atoms. The molecule has 0 saturated carbocycles. The van der Waals surface area contributed by atoms with Crippen LogP contribution in [0.25, 0.3) is 10.9 Å². The molecule has 0 spiro atoms. The first kappa shape index (κ1) is 24.6. The minimum absolute atomic E-state index is 0.0834. The number of nitro groups is 1. The van der Waals surface area contributed by atoms with Crippen molar-refractivity contribution in [3.63, 3.8) is 0 Å². The highest BCUT2D eigenvalue weighted by Crippen LogP contribution is 2.33. The van der Waals surface area contributed by atoms with Gasteiger partial charge >= 0.3 is 0 Å². The van der Waals surface area contributed by atoms with Gasteiger partial charge in [0, 0.05) is 34.3 Å². The summed E-state index contributed by atoms with van der Waals surface area (Å²) in [5.74, 6) is -0.223. The Morgan fingerprint density at radius 3 is 2.39 bits per heavy atom. The summed E-state index contributed by atoms with van der Waals surface area (Å²) in [5, 5.41) is 25.5. The van der Waals surface area contributed by atoms with Crippen LogP contribution in [0, 0.1) is 10.1 Å². The van der Waals surface area contributed by atoms with E-state index in [0.717, 1.165) is 18.7 Å². The fraction of sp³-hybridized carbons (Fsp3) is 0.185. The van der Waals surface area contributed by atoms with E-state index in [2.05, 4.69) is 10.3 Å². The number of hydrogen-bond acceptors (Lipinski definition) is 6. The molecule has 9 heteroatoms. The van der Waals surface area contributed by atoms with E-state index < -0.39 is 4.92 Å². The van der Waals surface area contributed by atoms with E-state index in [1.165, 1.54) is 12.1 Å². The lowest BCUT2D eigenvalue weighted by Gasteiger charge is -2.17. The van der Waals surface area contributed by atoms with Crippen LogP contribution in [0.5, 0.6) is 5.88 Å². The van der Waals surface area contributed by atoms with Gasteiger partial charge in [0.2, 0.25) is 5.91 Å². The van der Waals surface area contributed by atoms with Crippen LogP contribution in [-0.4, -0.2) is 51.2 Å². The number of amides is 1. The summed E-state index contributed by atoms with van der Waals surface area (Å²) in [6.07, 6.45) is 0. The van der Waals surface area contributed by atoms with Gasteiger partial charge in [0.05, 0.1) is 28.4 Å². The number of non-ortho nitro benzene ring substituents is 1. The van der Waals surface area contributed by atoms with Gasteiger partial charge in [0.25, 0.3) is 5.69 Å². The molecule has 0 atom stereocenters. The van der Waals surface area contributed by atoms with Gasteiger partial charge in [-0.3, -0.25) is 19.8 Å². The maximum atomic E-state index is 12.3. The molecule has 0 saturated heterocycles. The Morgan fingerprint density at radius 2 is 1.75 bits per heavy atom. The molecule has 3 aromatic carbocycles. The van der Waals surface area contributed by atoms with Crippen LogP contribution in [0.2, 0.25) is 0 Å². The number of nitrogens with one attached hydrogen (secondary N) is 2. The van der Waals surface area contributed by atoms with Crippen LogP contribution >= 0.6 is 0 Å². The van der Waals surface area contributed by atoms with Crippen molar-refractivity contribution in [3.8, 4) is 5.88 Å². The number of nitro benzene ring substituents is 1. The van der Waals surface area contributed by atoms with E-state index in [4.69, 9.17) is 4.99 Å². The number of benzene rings is 3. The number of carbonyl (C=O) groups is 1. The second-order valence-corrected chi connectivity index (χ2v) is 8.22. The third-order valence-corrected chi connectivity index (χ3v) is 5.91. The van der Waals surface area contributed by atoms with E-state index in [9.17, 15) is 20.0 Å². The second-order valence-electron chi connectivity index (χ2n) is 8.22. The highest BCUT2D eigenvalue weighted by Gasteiger charge is 2.21. The Balaban J connectivity index is 1.72. The molecule has 0 aliphatic heterocycles. The first-order chi connectivity index (χ1) is 17.4. The molecule has 0 radical (unpaired) electrons. The minimum atomic E-state index is -0.472. The lowest BCUT2D eigenvalue weighted by Crippen LogP contribution is -2.32.